The molecule has 0 fully saturated rings. The molecule has 0 amide bonds. The molecule has 0 saturated heterocycles. The molecule has 3 heteroatoms. The maximum Gasteiger partial charge on any atom is 0.0443 e. The summed E-state index contributed by atoms with van der Waals surface area (Å²) in [7, 11) is 1.92. The van der Waals surface area contributed by atoms with Gasteiger partial charge in [0.15, 0.2) is 0 Å². The summed E-state index contributed by atoms with van der Waals surface area (Å²) in [6, 6.07) is 6.89. The first-order valence-corrected chi connectivity index (χ1v) is 6.40. The molecular formula is C15H23N3. The van der Waals surface area contributed by atoms with Crippen LogP contribution < -0.4 is 5.32 Å². The molecule has 18 heavy (non-hydrogen) atoms. The van der Waals surface area contributed by atoms with Gasteiger partial charge in [-0.1, -0.05) is 0 Å². The van der Waals surface area contributed by atoms with E-state index in [-0.39, 0.29) is 0 Å². The van der Waals surface area contributed by atoms with E-state index in [1.165, 1.54) is 0 Å². The van der Waals surface area contributed by atoms with Gasteiger partial charge in [0.1, 0.15) is 0 Å². The highest BCUT2D eigenvalue weighted by atomic mass is 14.8. The Kier molecular flexibility index (Phi) is 5.56. The van der Waals surface area contributed by atoms with Crippen LogP contribution in [-0.4, -0.2) is 31.6 Å². The van der Waals surface area contributed by atoms with Gasteiger partial charge in [-0.2, -0.15) is 0 Å². The fourth-order valence-electron chi connectivity index (χ4n) is 1.44. The Bertz CT molecular complexity index is 395. The first-order valence-electron chi connectivity index (χ1n) is 6.40. The summed E-state index contributed by atoms with van der Waals surface area (Å²) >= 11 is 0. The number of rotatable bonds is 5. The van der Waals surface area contributed by atoms with Crippen molar-refractivity contribution < 1.29 is 0 Å². The van der Waals surface area contributed by atoms with Gasteiger partial charge in [0.25, 0.3) is 0 Å². The van der Waals surface area contributed by atoms with Gasteiger partial charge in [-0.3, -0.25) is 9.98 Å². The molecule has 0 aliphatic heterocycles. The molecule has 0 aromatic heterocycles. The van der Waals surface area contributed by atoms with Gasteiger partial charge in [-0.05, 0) is 57.0 Å². The highest BCUT2D eigenvalue weighted by Gasteiger charge is 1.98. The Morgan fingerprint density at radius 2 is 1.33 bits per heavy atom. The van der Waals surface area contributed by atoms with Crippen molar-refractivity contribution in [3.8, 4) is 0 Å². The van der Waals surface area contributed by atoms with Crippen LogP contribution in [-0.2, 0) is 0 Å². The minimum absolute atomic E-state index is 0.316. The average Bonchev–Trinajstić information content (AvgIpc) is 2.33. The number of hydrogen-bond acceptors (Lipinski definition) is 3. The van der Waals surface area contributed by atoms with Crippen LogP contribution in [0.1, 0.15) is 38.8 Å². The quantitative estimate of drug-likeness (QED) is 0.793. The van der Waals surface area contributed by atoms with Crippen LogP contribution in [0.25, 0.3) is 0 Å². The first-order chi connectivity index (χ1) is 8.51. The molecular weight excluding hydrogens is 222 g/mol. The molecule has 0 unspecified atom stereocenters. The van der Waals surface area contributed by atoms with E-state index >= 15 is 0 Å². The number of aliphatic imine (C=N–C) groups is 2. The zero-order valence-corrected chi connectivity index (χ0v) is 11.9. The molecule has 0 heterocycles. The second-order valence-corrected chi connectivity index (χ2v) is 4.88. The molecule has 0 aliphatic carbocycles. The molecule has 0 saturated carbocycles. The molecule has 0 radical (unpaired) electrons. The largest absolute Gasteiger partial charge is 0.388 e. The smallest absolute Gasteiger partial charge is 0.0443 e. The number of nitrogens with one attached hydrogen (secondary N) is 1. The number of hydrogen-bond donors (Lipinski definition) is 1. The number of anilines is 1. The molecule has 1 aromatic rings. The molecule has 98 valence electrons. The predicted octanol–water partition coefficient (Wildman–Crippen LogP) is 3.38. The molecule has 1 rings (SSSR count). The van der Waals surface area contributed by atoms with Gasteiger partial charge in [-0.15, -0.1) is 0 Å². The summed E-state index contributed by atoms with van der Waals surface area (Å²) in [6.07, 6.45) is 3.83. The summed E-state index contributed by atoms with van der Waals surface area (Å²) in [5, 5.41) is 3.16. The van der Waals surface area contributed by atoms with E-state index < -0.39 is 0 Å². The lowest BCUT2D eigenvalue weighted by Gasteiger charge is -2.05. The van der Waals surface area contributed by atoms with Crippen molar-refractivity contribution in [2.45, 2.75) is 39.8 Å². The van der Waals surface area contributed by atoms with E-state index in [9.17, 15) is 0 Å². The third-order valence-electron chi connectivity index (χ3n) is 2.31. The SMILES string of the molecule is CNc1cc(C=NC(C)C)cc(C=NC(C)C)c1. The zero-order valence-electron chi connectivity index (χ0n) is 11.9. The molecule has 3 nitrogen and oxygen atoms in total. The van der Waals surface area contributed by atoms with Crippen LogP contribution >= 0.6 is 0 Å². The topological polar surface area (TPSA) is 36.8 Å². The fraction of sp³-hybridized carbons (Fsp3) is 0.467. The molecule has 0 aliphatic rings. The lowest BCUT2D eigenvalue weighted by atomic mass is 10.1. The zero-order chi connectivity index (χ0) is 13.5. The Hall–Kier alpha value is -1.64. The molecule has 1 N–H and O–H groups in total. The minimum Gasteiger partial charge on any atom is -0.388 e. The van der Waals surface area contributed by atoms with Gasteiger partial charge in [0, 0.05) is 37.2 Å². The van der Waals surface area contributed by atoms with E-state index in [4.69, 9.17) is 0 Å². The summed E-state index contributed by atoms with van der Waals surface area (Å²) in [4.78, 5) is 8.82. The lowest BCUT2D eigenvalue weighted by molar-refractivity contribution is 0.841. The van der Waals surface area contributed by atoms with Crippen molar-refractivity contribution >= 4 is 18.1 Å². The molecule has 0 bridgehead atoms. The standard InChI is InChI=1S/C15H23N3/c1-11(2)17-9-13-6-14(10-18-12(3)4)8-15(7-13)16-5/h6-12,16H,1-5H3. The van der Waals surface area contributed by atoms with Crippen LogP contribution in [0.2, 0.25) is 0 Å². The predicted molar refractivity (Wildman–Crippen MR) is 81.4 cm³/mol. The lowest BCUT2D eigenvalue weighted by Crippen LogP contribution is -1.97. The number of benzene rings is 1. The van der Waals surface area contributed by atoms with Crippen LogP contribution in [0.5, 0.6) is 0 Å². The highest BCUT2D eigenvalue weighted by molar-refractivity contribution is 5.88. The Morgan fingerprint density at radius 1 is 0.889 bits per heavy atom. The third kappa shape index (κ3) is 5.13. The minimum atomic E-state index is 0.316. The average molecular weight is 245 g/mol. The van der Waals surface area contributed by atoms with Crippen molar-refractivity contribution in [3.05, 3.63) is 29.3 Å². The summed E-state index contributed by atoms with van der Waals surface area (Å²) in [5.41, 5.74) is 3.27. The van der Waals surface area contributed by atoms with E-state index in [2.05, 4.69) is 61.2 Å². The van der Waals surface area contributed by atoms with Crippen molar-refractivity contribution in [1.29, 1.82) is 0 Å². The number of nitrogens with zero attached hydrogens (tertiary/aromatic N) is 2. The van der Waals surface area contributed by atoms with Gasteiger partial charge < -0.3 is 5.32 Å². The fourth-order valence-corrected chi connectivity index (χ4v) is 1.44. The second kappa shape index (κ2) is 6.94. The van der Waals surface area contributed by atoms with Crippen molar-refractivity contribution in [2.75, 3.05) is 12.4 Å². The Labute approximate surface area is 110 Å². The summed E-state index contributed by atoms with van der Waals surface area (Å²) in [5.74, 6) is 0. The van der Waals surface area contributed by atoms with E-state index in [1.54, 1.807) is 0 Å². The van der Waals surface area contributed by atoms with Gasteiger partial charge in [0.05, 0.1) is 0 Å². The van der Waals surface area contributed by atoms with E-state index in [0.717, 1.165) is 16.8 Å². The Balaban J connectivity index is 3.01. The summed E-state index contributed by atoms with van der Waals surface area (Å²) < 4.78 is 0. The third-order valence-corrected chi connectivity index (χ3v) is 2.31. The van der Waals surface area contributed by atoms with Gasteiger partial charge in [-0.25, -0.2) is 0 Å². The molecule has 0 spiro atoms. The highest BCUT2D eigenvalue weighted by Crippen LogP contribution is 2.12. The second-order valence-electron chi connectivity index (χ2n) is 4.88. The van der Waals surface area contributed by atoms with Crippen LogP contribution in [0.15, 0.2) is 28.2 Å². The summed E-state index contributed by atoms with van der Waals surface area (Å²) in [6.45, 7) is 8.28. The van der Waals surface area contributed by atoms with Crippen molar-refractivity contribution in [3.63, 3.8) is 0 Å². The monoisotopic (exact) mass is 245 g/mol. The van der Waals surface area contributed by atoms with E-state index in [0.29, 0.717) is 12.1 Å². The molecule has 0 atom stereocenters. The molecule has 1 aromatic carbocycles. The van der Waals surface area contributed by atoms with Gasteiger partial charge in [0.2, 0.25) is 0 Å². The van der Waals surface area contributed by atoms with Gasteiger partial charge >= 0.3 is 0 Å². The van der Waals surface area contributed by atoms with E-state index in [1.807, 2.05) is 19.5 Å². The van der Waals surface area contributed by atoms with Crippen LogP contribution in [0.3, 0.4) is 0 Å². The van der Waals surface area contributed by atoms with Crippen LogP contribution in [0, 0.1) is 0 Å². The van der Waals surface area contributed by atoms with Crippen molar-refractivity contribution in [2.24, 2.45) is 9.98 Å². The maximum absolute atomic E-state index is 4.41. The van der Waals surface area contributed by atoms with Crippen LogP contribution in [0.4, 0.5) is 5.69 Å². The normalized spacial score (nSPS) is 12.2. The van der Waals surface area contributed by atoms with Crippen molar-refractivity contribution in [1.82, 2.24) is 0 Å². The first kappa shape index (κ1) is 14.4. The Morgan fingerprint density at radius 3 is 1.67 bits per heavy atom. The maximum atomic E-state index is 4.41.